The maximum atomic E-state index is 12.2. The molecular formula is C23H25N3O5S. The summed E-state index contributed by atoms with van der Waals surface area (Å²) >= 11 is 0. The number of carbonyl (C=O) groups is 1. The lowest BCUT2D eigenvalue weighted by Crippen LogP contribution is -2.44. The Morgan fingerprint density at radius 3 is 2.72 bits per heavy atom. The van der Waals surface area contributed by atoms with E-state index in [0.717, 1.165) is 27.7 Å². The van der Waals surface area contributed by atoms with Crippen LogP contribution in [0.3, 0.4) is 0 Å². The monoisotopic (exact) mass is 455 g/mol. The first kappa shape index (κ1) is 22.2. The van der Waals surface area contributed by atoms with Crippen molar-refractivity contribution in [3.05, 3.63) is 71.4 Å². The molecule has 1 aliphatic rings. The second kappa shape index (κ2) is 9.23. The quantitative estimate of drug-likeness (QED) is 0.419. The Balaban J connectivity index is 1.39. The molecule has 1 fully saturated rings. The molecule has 2 heterocycles. The van der Waals surface area contributed by atoms with Gasteiger partial charge in [0.05, 0.1) is 11.3 Å². The van der Waals surface area contributed by atoms with Crippen LogP contribution in [0.25, 0.3) is 10.9 Å². The first-order valence-corrected chi connectivity index (χ1v) is 12.0. The van der Waals surface area contributed by atoms with Crippen molar-refractivity contribution in [1.82, 2.24) is 14.8 Å². The fourth-order valence-corrected chi connectivity index (χ4v) is 5.73. The van der Waals surface area contributed by atoms with Crippen LogP contribution in [0.4, 0.5) is 0 Å². The molecule has 1 atom stereocenters. The number of nitrogens with one attached hydrogen (secondary N) is 1. The number of pyridine rings is 1. The molecule has 0 radical (unpaired) electrons. The number of ether oxygens (including phenoxy) is 1. The van der Waals surface area contributed by atoms with Crippen LogP contribution in [0.1, 0.15) is 23.2 Å². The number of hydroxylamine groups is 1. The van der Waals surface area contributed by atoms with Crippen LogP contribution in [-0.2, 0) is 27.8 Å². The molecule has 1 aromatic heterocycles. The average Bonchev–Trinajstić information content (AvgIpc) is 3.10. The van der Waals surface area contributed by atoms with Crippen LogP contribution in [0.5, 0.6) is 5.75 Å². The van der Waals surface area contributed by atoms with Crippen LogP contribution >= 0.6 is 0 Å². The van der Waals surface area contributed by atoms with Crippen molar-refractivity contribution in [3.8, 4) is 5.75 Å². The zero-order chi connectivity index (χ0) is 22.7. The summed E-state index contributed by atoms with van der Waals surface area (Å²) in [4.78, 5) is 16.3. The van der Waals surface area contributed by atoms with Crippen LogP contribution in [-0.4, -0.2) is 47.2 Å². The summed E-state index contributed by atoms with van der Waals surface area (Å²) in [5.74, 6) is -0.0894. The van der Waals surface area contributed by atoms with Gasteiger partial charge in [-0.3, -0.25) is 15.0 Å². The van der Waals surface area contributed by atoms with Crippen LogP contribution < -0.4 is 10.2 Å². The molecule has 2 aromatic carbocycles. The van der Waals surface area contributed by atoms with Gasteiger partial charge < -0.3 is 4.74 Å². The molecule has 1 aliphatic heterocycles. The number of benzene rings is 2. The first-order chi connectivity index (χ1) is 15.4. The summed E-state index contributed by atoms with van der Waals surface area (Å²) in [5, 5.41) is 9.93. The predicted molar refractivity (Wildman–Crippen MR) is 120 cm³/mol. The molecule has 0 spiro atoms. The van der Waals surface area contributed by atoms with Gasteiger partial charge in [0.1, 0.15) is 18.4 Å². The van der Waals surface area contributed by atoms with Crippen molar-refractivity contribution in [2.24, 2.45) is 0 Å². The highest BCUT2D eigenvalue weighted by molar-refractivity contribution is 7.89. The molecule has 0 saturated carbocycles. The number of amides is 1. The second-order valence-electron chi connectivity index (χ2n) is 7.83. The fraction of sp³-hybridized carbons (Fsp3) is 0.304. The van der Waals surface area contributed by atoms with Gasteiger partial charge in [0.2, 0.25) is 10.0 Å². The number of nitrogens with zero attached hydrogens (tertiary/aromatic N) is 2. The van der Waals surface area contributed by atoms with Gasteiger partial charge in [-0.2, -0.15) is 4.31 Å². The largest absolute Gasteiger partial charge is 0.489 e. The molecule has 2 N–H and O–H groups in total. The van der Waals surface area contributed by atoms with Crippen LogP contribution in [0.15, 0.2) is 54.6 Å². The number of sulfonamides is 1. The molecule has 4 rings (SSSR count). The summed E-state index contributed by atoms with van der Waals surface area (Å²) < 4.78 is 31.6. The van der Waals surface area contributed by atoms with Crippen molar-refractivity contribution < 1.29 is 23.2 Å². The zero-order valence-electron chi connectivity index (χ0n) is 17.7. The molecule has 1 unspecified atom stereocenters. The third-order valence-electron chi connectivity index (χ3n) is 5.64. The summed E-state index contributed by atoms with van der Waals surface area (Å²) in [6.45, 7) is 2.54. The summed E-state index contributed by atoms with van der Waals surface area (Å²) in [7, 11) is -3.50. The van der Waals surface area contributed by atoms with E-state index in [9.17, 15) is 13.2 Å². The van der Waals surface area contributed by atoms with Gasteiger partial charge in [-0.05, 0) is 49.6 Å². The van der Waals surface area contributed by atoms with Gasteiger partial charge in [-0.1, -0.05) is 30.3 Å². The summed E-state index contributed by atoms with van der Waals surface area (Å²) in [6, 6.07) is 16.6. The Bertz CT molecular complexity index is 1230. The lowest BCUT2D eigenvalue weighted by atomic mass is 10.1. The number of rotatable bonds is 7. The van der Waals surface area contributed by atoms with E-state index in [2.05, 4.69) is 4.98 Å². The van der Waals surface area contributed by atoms with E-state index in [-0.39, 0.29) is 18.7 Å². The number of fused-ring (bicyclic) bond motifs is 1. The third-order valence-corrected chi connectivity index (χ3v) is 7.54. The lowest BCUT2D eigenvalue weighted by molar-refractivity contribution is -0.132. The Hall–Kier alpha value is -3.01. The first-order valence-electron chi connectivity index (χ1n) is 10.4. The van der Waals surface area contributed by atoms with Crippen LogP contribution in [0.2, 0.25) is 0 Å². The average molecular weight is 456 g/mol. The number of para-hydroxylation sites is 1. The van der Waals surface area contributed by atoms with E-state index in [1.54, 1.807) is 5.48 Å². The standard InChI is InChI=1S/C23H25N3O5S/c1-16-14-18(20-4-2-3-5-21(20)24-16)15-31-19-8-6-17(7-9-19)10-12-26-22(23(27)25-28)11-13-32(26,29)30/h2-9,14,22,28H,10-13,15H2,1H3,(H,25,27). The van der Waals surface area contributed by atoms with Gasteiger partial charge in [0.25, 0.3) is 5.91 Å². The second-order valence-corrected chi connectivity index (χ2v) is 9.87. The van der Waals surface area contributed by atoms with E-state index in [0.29, 0.717) is 18.8 Å². The SMILES string of the molecule is Cc1cc(COc2ccc(CCN3C(C(=O)NO)CCS3(=O)=O)cc2)c2ccccc2n1. The van der Waals surface area contributed by atoms with E-state index in [1.165, 1.54) is 4.31 Å². The van der Waals surface area contributed by atoms with Crippen LogP contribution in [0, 0.1) is 6.92 Å². The van der Waals surface area contributed by atoms with Crippen molar-refractivity contribution in [3.63, 3.8) is 0 Å². The molecule has 0 bridgehead atoms. The molecule has 168 valence electrons. The normalized spacial score (nSPS) is 18.0. The molecule has 9 heteroatoms. The number of hydrogen-bond donors (Lipinski definition) is 2. The third kappa shape index (κ3) is 4.74. The number of hydrogen-bond acceptors (Lipinski definition) is 6. The topological polar surface area (TPSA) is 109 Å². The van der Waals surface area contributed by atoms with Gasteiger partial charge in [-0.25, -0.2) is 13.9 Å². The van der Waals surface area contributed by atoms with Crippen molar-refractivity contribution in [1.29, 1.82) is 0 Å². The highest BCUT2D eigenvalue weighted by Gasteiger charge is 2.41. The Kier molecular flexibility index (Phi) is 6.40. The van der Waals surface area contributed by atoms with E-state index in [1.807, 2.05) is 61.5 Å². The maximum absolute atomic E-state index is 12.2. The van der Waals surface area contributed by atoms with Gasteiger partial charge >= 0.3 is 0 Å². The Morgan fingerprint density at radius 1 is 1.22 bits per heavy atom. The molecule has 8 nitrogen and oxygen atoms in total. The van der Waals surface area contributed by atoms with Crippen molar-refractivity contribution in [2.75, 3.05) is 12.3 Å². The highest BCUT2D eigenvalue weighted by atomic mass is 32.2. The molecular weight excluding hydrogens is 430 g/mol. The fourth-order valence-electron chi connectivity index (χ4n) is 4.01. The zero-order valence-corrected chi connectivity index (χ0v) is 18.5. The number of carbonyl (C=O) groups excluding carboxylic acids is 1. The van der Waals surface area contributed by atoms with Gasteiger partial charge in [0.15, 0.2) is 0 Å². The Morgan fingerprint density at radius 2 is 1.97 bits per heavy atom. The van der Waals surface area contributed by atoms with Crippen molar-refractivity contribution >= 4 is 26.8 Å². The molecule has 1 saturated heterocycles. The van der Waals surface area contributed by atoms with Gasteiger partial charge in [-0.15, -0.1) is 0 Å². The highest BCUT2D eigenvalue weighted by Crippen LogP contribution is 2.23. The number of aromatic nitrogens is 1. The van der Waals surface area contributed by atoms with E-state index in [4.69, 9.17) is 9.94 Å². The smallest absolute Gasteiger partial charge is 0.261 e. The molecule has 1 amide bonds. The van der Waals surface area contributed by atoms with Crippen molar-refractivity contribution in [2.45, 2.75) is 32.4 Å². The summed E-state index contributed by atoms with van der Waals surface area (Å²) in [6.07, 6.45) is 0.619. The lowest BCUT2D eigenvalue weighted by Gasteiger charge is -2.21. The number of aryl methyl sites for hydroxylation is 1. The predicted octanol–water partition coefficient (Wildman–Crippen LogP) is 2.57. The minimum absolute atomic E-state index is 0.0962. The molecule has 32 heavy (non-hydrogen) atoms. The molecule has 3 aromatic rings. The molecule has 0 aliphatic carbocycles. The minimum Gasteiger partial charge on any atom is -0.489 e. The maximum Gasteiger partial charge on any atom is 0.261 e. The van der Waals surface area contributed by atoms with E-state index < -0.39 is 22.0 Å². The van der Waals surface area contributed by atoms with E-state index >= 15 is 0 Å². The Labute approximate surface area is 186 Å². The van der Waals surface area contributed by atoms with Gasteiger partial charge in [0, 0.05) is 23.2 Å². The minimum atomic E-state index is -3.50. The summed E-state index contributed by atoms with van der Waals surface area (Å²) in [5.41, 5.74) is 5.41.